The Morgan fingerprint density at radius 2 is 1.02 bits per heavy atom. The fraction of sp³-hybridized carbons (Fsp3) is 0.791. The van der Waals surface area contributed by atoms with Crippen molar-refractivity contribution in [2.75, 3.05) is 33.0 Å². The Kier molecular flexibility index (Phi) is 38.9. The van der Waals surface area contributed by atoms with E-state index in [1.54, 1.807) is 0 Å². The average molecular weight is 771 g/mol. The molecule has 0 spiro atoms. The molecule has 3 unspecified atom stereocenters. The highest BCUT2D eigenvalue weighted by atomic mass is 31.2. The summed E-state index contributed by atoms with van der Waals surface area (Å²) in [6, 6.07) is 0. The van der Waals surface area contributed by atoms with Crippen LogP contribution in [0.4, 0.5) is 0 Å². The number of phosphoric ester groups is 1. The van der Waals surface area contributed by atoms with Crippen molar-refractivity contribution in [1.82, 2.24) is 0 Å². The van der Waals surface area contributed by atoms with Gasteiger partial charge in [0.2, 0.25) is 0 Å². The van der Waals surface area contributed by atoms with Gasteiger partial charge in [-0.05, 0) is 77.0 Å². The van der Waals surface area contributed by atoms with Crippen molar-refractivity contribution < 1.29 is 43.0 Å². The molecule has 0 aromatic rings. The SMILES string of the molecule is CCCCC/C=C\C/C=C\CCCCCCCCOCC(COP(=O)(O)OCC(O)CO)OC(=O)CCCCCCC/C=C\C/C=C\CCCCCC. The van der Waals surface area contributed by atoms with Crippen molar-refractivity contribution in [2.45, 2.75) is 187 Å². The molecule has 0 rings (SSSR count). The van der Waals surface area contributed by atoms with E-state index in [2.05, 4.69) is 62.5 Å². The number of carbonyl (C=O) groups excluding carboxylic acids is 1. The number of unbranched alkanes of at least 4 members (excludes halogenated alkanes) is 18. The summed E-state index contributed by atoms with van der Waals surface area (Å²) < 4.78 is 33.3. The van der Waals surface area contributed by atoms with Gasteiger partial charge >= 0.3 is 13.8 Å². The first-order valence-electron chi connectivity index (χ1n) is 21.1. The van der Waals surface area contributed by atoms with E-state index in [0.717, 1.165) is 70.6 Å². The summed E-state index contributed by atoms with van der Waals surface area (Å²) >= 11 is 0. The first kappa shape index (κ1) is 51.4. The van der Waals surface area contributed by atoms with Crippen LogP contribution in [0.25, 0.3) is 0 Å². The second-order valence-corrected chi connectivity index (χ2v) is 15.5. The van der Waals surface area contributed by atoms with E-state index in [4.69, 9.17) is 23.6 Å². The van der Waals surface area contributed by atoms with Gasteiger partial charge in [-0.2, -0.15) is 0 Å². The summed E-state index contributed by atoms with van der Waals surface area (Å²) in [5, 5.41) is 18.3. The Balaban J connectivity index is 4.24. The predicted molar refractivity (Wildman–Crippen MR) is 219 cm³/mol. The summed E-state index contributed by atoms with van der Waals surface area (Å²) in [6.07, 6.45) is 43.5. The molecule has 0 aliphatic rings. The van der Waals surface area contributed by atoms with E-state index in [-0.39, 0.29) is 19.6 Å². The van der Waals surface area contributed by atoms with E-state index in [1.807, 2.05) is 0 Å². The predicted octanol–water partition coefficient (Wildman–Crippen LogP) is 11.4. The summed E-state index contributed by atoms with van der Waals surface area (Å²) in [6.45, 7) is 3.43. The maximum absolute atomic E-state index is 12.6. The Hall–Kier alpha value is -1.58. The van der Waals surface area contributed by atoms with Crippen molar-refractivity contribution in [2.24, 2.45) is 0 Å². The third kappa shape index (κ3) is 39.9. The normalized spacial score (nSPS) is 14.6. The van der Waals surface area contributed by atoms with Crippen LogP contribution in [0.5, 0.6) is 0 Å². The quantitative estimate of drug-likeness (QED) is 0.0241. The lowest BCUT2D eigenvalue weighted by Crippen LogP contribution is -2.29. The highest BCUT2D eigenvalue weighted by molar-refractivity contribution is 7.47. The van der Waals surface area contributed by atoms with Crippen LogP contribution in [-0.4, -0.2) is 66.3 Å². The maximum Gasteiger partial charge on any atom is 0.472 e. The average Bonchev–Trinajstić information content (AvgIpc) is 3.15. The van der Waals surface area contributed by atoms with Gasteiger partial charge in [-0.15, -0.1) is 0 Å². The number of hydrogen-bond donors (Lipinski definition) is 3. The van der Waals surface area contributed by atoms with Crippen LogP contribution in [0.3, 0.4) is 0 Å². The van der Waals surface area contributed by atoms with Gasteiger partial charge in [0.05, 0.1) is 26.4 Å². The number of phosphoric acid groups is 1. The molecule has 3 atom stereocenters. The number of rotatable bonds is 40. The molecule has 0 bridgehead atoms. The number of esters is 1. The first-order valence-corrected chi connectivity index (χ1v) is 22.6. The number of aliphatic hydroxyl groups is 2. The van der Waals surface area contributed by atoms with Gasteiger partial charge in [0.1, 0.15) is 12.2 Å². The van der Waals surface area contributed by atoms with E-state index >= 15 is 0 Å². The Labute approximate surface area is 324 Å². The lowest BCUT2D eigenvalue weighted by atomic mass is 10.1. The molecule has 9 nitrogen and oxygen atoms in total. The molecule has 0 aromatic heterocycles. The van der Waals surface area contributed by atoms with Gasteiger partial charge in [-0.25, -0.2) is 4.57 Å². The largest absolute Gasteiger partial charge is 0.472 e. The molecule has 0 aromatic carbocycles. The van der Waals surface area contributed by atoms with Crippen molar-refractivity contribution in [3.63, 3.8) is 0 Å². The van der Waals surface area contributed by atoms with Crippen molar-refractivity contribution in [3.05, 3.63) is 48.6 Å². The molecule has 0 saturated carbocycles. The summed E-state index contributed by atoms with van der Waals surface area (Å²) in [4.78, 5) is 22.5. The van der Waals surface area contributed by atoms with Crippen LogP contribution >= 0.6 is 7.82 Å². The molecular weight excluding hydrogens is 691 g/mol. The minimum Gasteiger partial charge on any atom is -0.457 e. The molecule has 0 aliphatic heterocycles. The molecule has 0 amide bonds. The molecule has 0 saturated heterocycles. The fourth-order valence-electron chi connectivity index (χ4n) is 5.47. The maximum atomic E-state index is 12.6. The van der Waals surface area contributed by atoms with Gasteiger partial charge in [0.25, 0.3) is 0 Å². The van der Waals surface area contributed by atoms with Gasteiger partial charge in [0.15, 0.2) is 0 Å². The van der Waals surface area contributed by atoms with E-state index < -0.39 is 39.2 Å². The van der Waals surface area contributed by atoms with Crippen molar-refractivity contribution >= 4 is 13.8 Å². The van der Waals surface area contributed by atoms with Crippen molar-refractivity contribution in [1.29, 1.82) is 0 Å². The zero-order chi connectivity index (χ0) is 38.9. The minimum absolute atomic E-state index is 0.0353. The highest BCUT2D eigenvalue weighted by Crippen LogP contribution is 2.43. The molecule has 10 heteroatoms. The molecule has 3 N–H and O–H groups in total. The minimum atomic E-state index is -4.52. The number of aliphatic hydroxyl groups excluding tert-OH is 2. The zero-order valence-corrected chi connectivity index (χ0v) is 34.6. The van der Waals surface area contributed by atoms with Crippen molar-refractivity contribution in [3.8, 4) is 0 Å². The number of allylic oxidation sites excluding steroid dienone is 8. The standard InChI is InChI=1S/C43H79O9P/c1-3-5-7-9-11-13-15-17-19-21-23-25-27-29-31-33-35-43(46)52-42(40-51-53(47,48)50-38-41(45)37-44)39-49-36-34-32-30-28-26-24-22-20-18-16-14-12-10-8-6-4-2/h12-15,18-21,41-42,44-45H,3-11,16-17,22-40H2,1-2H3,(H,47,48)/b14-12-,15-13-,20-18-,21-19-. The lowest BCUT2D eigenvalue weighted by molar-refractivity contribution is -0.154. The molecule has 0 radical (unpaired) electrons. The number of carbonyl (C=O) groups is 1. The van der Waals surface area contributed by atoms with Crippen LogP contribution in [-0.2, 0) is 27.9 Å². The lowest BCUT2D eigenvalue weighted by Gasteiger charge is -2.20. The second-order valence-electron chi connectivity index (χ2n) is 14.0. The molecule has 53 heavy (non-hydrogen) atoms. The molecular formula is C43H79O9P. The first-order chi connectivity index (χ1) is 25.8. The van der Waals surface area contributed by atoms with Gasteiger partial charge in [-0.3, -0.25) is 13.8 Å². The van der Waals surface area contributed by atoms with Crippen LogP contribution in [0, 0.1) is 0 Å². The Morgan fingerprint density at radius 3 is 1.55 bits per heavy atom. The van der Waals surface area contributed by atoms with E-state index in [1.165, 1.54) is 77.0 Å². The molecule has 0 heterocycles. The Bertz CT molecular complexity index is 965. The Morgan fingerprint density at radius 1 is 0.585 bits per heavy atom. The van der Waals surface area contributed by atoms with Gasteiger partial charge in [0, 0.05) is 13.0 Å². The van der Waals surface area contributed by atoms with Crippen LogP contribution in [0.2, 0.25) is 0 Å². The third-order valence-corrected chi connectivity index (χ3v) is 9.69. The zero-order valence-electron chi connectivity index (χ0n) is 33.7. The number of ether oxygens (including phenoxy) is 2. The molecule has 310 valence electrons. The monoisotopic (exact) mass is 771 g/mol. The van der Waals surface area contributed by atoms with Gasteiger partial charge < -0.3 is 24.6 Å². The summed E-state index contributed by atoms with van der Waals surface area (Å²) in [5.74, 6) is -0.401. The second kappa shape index (κ2) is 40.1. The van der Waals surface area contributed by atoms with Crippen LogP contribution in [0.1, 0.15) is 174 Å². The van der Waals surface area contributed by atoms with Crippen LogP contribution in [0.15, 0.2) is 48.6 Å². The van der Waals surface area contributed by atoms with Crippen LogP contribution < -0.4 is 0 Å². The van der Waals surface area contributed by atoms with E-state index in [0.29, 0.717) is 13.0 Å². The molecule has 0 fully saturated rings. The highest BCUT2D eigenvalue weighted by Gasteiger charge is 2.26. The smallest absolute Gasteiger partial charge is 0.457 e. The van der Waals surface area contributed by atoms with Gasteiger partial charge in [-0.1, -0.05) is 140 Å². The summed E-state index contributed by atoms with van der Waals surface area (Å²) in [7, 11) is -4.52. The third-order valence-electron chi connectivity index (χ3n) is 8.74. The topological polar surface area (TPSA) is 132 Å². The molecule has 0 aliphatic carbocycles. The van der Waals surface area contributed by atoms with E-state index in [9.17, 15) is 19.4 Å². The number of hydrogen-bond acceptors (Lipinski definition) is 8. The fourth-order valence-corrected chi connectivity index (χ4v) is 6.26. The summed E-state index contributed by atoms with van der Waals surface area (Å²) in [5.41, 5.74) is 0.